The molecule has 0 aliphatic rings. The third kappa shape index (κ3) is 2.87. The molecule has 0 spiro atoms. The predicted molar refractivity (Wildman–Crippen MR) is 66.4 cm³/mol. The van der Waals surface area contributed by atoms with Gasteiger partial charge in [0.2, 0.25) is 0 Å². The maximum absolute atomic E-state index is 11.3. The van der Waals surface area contributed by atoms with Crippen molar-refractivity contribution in [1.29, 1.82) is 0 Å². The molecule has 0 saturated heterocycles. The summed E-state index contributed by atoms with van der Waals surface area (Å²) in [5.41, 5.74) is 6.23. The van der Waals surface area contributed by atoms with Crippen LogP contribution in [0.2, 0.25) is 0 Å². The first-order valence-corrected chi connectivity index (χ1v) is 5.46. The average molecular weight is 251 g/mol. The van der Waals surface area contributed by atoms with Crippen molar-refractivity contribution in [3.05, 3.63) is 28.8 Å². The Balaban J connectivity index is 3.26. The monoisotopic (exact) mass is 251 g/mol. The first-order chi connectivity index (χ1) is 8.31. The van der Waals surface area contributed by atoms with E-state index in [1.165, 1.54) is 7.11 Å². The van der Waals surface area contributed by atoms with Gasteiger partial charge in [0.25, 0.3) is 0 Å². The largest absolute Gasteiger partial charge is 0.507 e. The van der Waals surface area contributed by atoms with Gasteiger partial charge in [0.15, 0.2) is 6.29 Å². The number of carbonyl (C=O) groups is 2. The van der Waals surface area contributed by atoms with Gasteiger partial charge in [-0.2, -0.15) is 0 Å². The van der Waals surface area contributed by atoms with Gasteiger partial charge in [-0.3, -0.25) is 9.59 Å². The summed E-state index contributed by atoms with van der Waals surface area (Å²) in [6.07, 6.45) is 0.471. The molecule has 1 atom stereocenters. The topological polar surface area (TPSA) is 89.6 Å². The Labute approximate surface area is 106 Å². The molecule has 0 saturated carbocycles. The molecular weight excluding hydrogens is 234 g/mol. The number of esters is 1. The third-order valence-corrected chi connectivity index (χ3v) is 2.77. The van der Waals surface area contributed by atoms with E-state index in [2.05, 4.69) is 4.74 Å². The molecule has 0 radical (unpaired) electrons. The van der Waals surface area contributed by atoms with Crippen molar-refractivity contribution in [2.75, 3.05) is 7.11 Å². The fourth-order valence-electron chi connectivity index (χ4n) is 1.80. The minimum atomic E-state index is -1.10. The molecule has 0 unspecified atom stereocenters. The average Bonchev–Trinajstić information content (AvgIpc) is 2.30. The number of aromatic hydroxyl groups is 1. The van der Waals surface area contributed by atoms with Crippen molar-refractivity contribution in [1.82, 2.24) is 0 Å². The zero-order valence-electron chi connectivity index (χ0n) is 10.7. The number of rotatable bonds is 4. The number of methoxy groups -OCH3 is 1. The number of benzene rings is 1. The summed E-state index contributed by atoms with van der Waals surface area (Å²) < 4.78 is 4.56. The summed E-state index contributed by atoms with van der Waals surface area (Å²) in [7, 11) is 1.27. The summed E-state index contributed by atoms with van der Waals surface area (Å²) in [4.78, 5) is 22.1. The quantitative estimate of drug-likeness (QED) is 0.621. The lowest BCUT2D eigenvalue weighted by Crippen LogP contribution is -2.36. The van der Waals surface area contributed by atoms with Gasteiger partial charge in [-0.05, 0) is 25.5 Å². The Morgan fingerprint density at radius 1 is 1.56 bits per heavy atom. The predicted octanol–water partition coefficient (Wildman–Crippen LogP) is 1.25. The highest BCUT2D eigenvalue weighted by molar-refractivity contribution is 5.81. The second kappa shape index (κ2) is 5.18. The minimum Gasteiger partial charge on any atom is -0.507 e. The number of aldehydes is 1. The van der Waals surface area contributed by atoms with Gasteiger partial charge in [-0.25, -0.2) is 0 Å². The maximum atomic E-state index is 11.3. The van der Waals surface area contributed by atoms with E-state index >= 15 is 0 Å². The Bertz CT molecular complexity index is 480. The fourth-order valence-corrected chi connectivity index (χ4v) is 1.80. The van der Waals surface area contributed by atoms with Crippen LogP contribution in [0.15, 0.2) is 12.1 Å². The molecule has 18 heavy (non-hydrogen) atoms. The van der Waals surface area contributed by atoms with Gasteiger partial charge in [0, 0.05) is 5.56 Å². The first-order valence-electron chi connectivity index (χ1n) is 5.46. The highest BCUT2D eigenvalue weighted by Gasteiger charge is 2.29. The van der Waals surface area contributed by atoms with E-state index in [0.717, 1.165) is 5.56 Å². The smallest absolute Gasteiger partial charge is 0.307 e. The lowest BCUT2D eigenvalue weighted by molar-refractivity contribution is -0.141. The van der Waals surface area contributed by atoms with Crippen LogP contribution in [0, 0.1) is 6.92 Å². The van der Waals surface area contributed by atoms with E-state index in [4.69, 9.17) is 5.73 Å². The lowest BCUT2D eigenvalue weighted by atomic mass is 9.86. The van der Waals surface area contributed by atoms with Gasteiger partial charge in [-0.15, -0.1) is 0 Å². The number of hydrogen-bond donors (Lipinski definition) is 2. The molecule has 0 aromatic heterocycles. The van der Waals surface area contributed by atoms with Crippen LogP contribution in [-0.2, 0) is 15.1 Å². The molecule has 0 amide bonds. The normalized spacial score (nSPS) is 13.8. The molecule has 5 nitrogen and oxygen atoms in total. The summed E-state index contributed by atoms with van der Waals surface area (Å²) in [5, 5.41) is 9.97. The summed E-state index contributed by atoms with van der Waals surface area (Å²) in [5.74, 6) is -0.668. The standard InChI is InChI=1S/C13H17NO4/c1-8-4-9(7-15)12(17)10(5-8)13(2,14)6-11(16)18-3/h4-5,7,17H,6,14H2,1-3H3/t13-/m1/s1. The van der Waals surface area contributed by atoms with Crippen LogP contribution in [0.4, 0.5) is 0 Å². The summed E-state index contributed by atoms with van der Waals surface area (Å²) in [6, 6.07) is 3.21. The van der Waals surface area contributed by atoms with Crippen molar-refractivity contribution in [2.24, 2.45) is 5.73 Å². The van der Waals surface area contributed by atoms with Crippen LogP contribution >= 0.6 is 0 Å². The molecule has 0 aliphatic heterocycles. The van der Waals surface area contributed by atoms with Crippen LogP contribution in [0.3, 0.4) is 0 Å². The zero-order valence-corrected chi connectivity index (χ0v) is 10.7. The number of phenolic OH excluding ortho intramolecular Hbond substituents is 1. The molecule has 1 aromatic rings. The summed E-state index contributed by atoms with van der Waals surface area (Å²) in [6.45, 7) is 3.39. The molecule has 5 heteroatoms. The Hall–Kier alpha value is -1.88. The molecule has 0 heterocycles. The van der Waals surface area contributed by atoms with Gasteiger partial charge in [0.1, 0.15) is 5.75 Å². The van der Waals surface area contributed by atoms with E-state index in [-0.39, 0.29) is 17.7 Å². The SMILES string of the molecule is COC(=O)C[C@@](C)(N)c1cc(C)cc(C=O)c1O. The van der Waals surface area contributed by atoms with Gasteiger partial charge < -0.3 is 15.6 Å². The van der Waals surface area contributed by atoms with Gasteiger partial charge in [-0.1, -0.05) is 6.07 Å². The molecule has 0 bridgehead atoms. The van der Waals surface area contributed by atoms with Crippen molar-refractivity contribution in [3.63, 3.8) is 0 Å². The Kier molecular flexibility index (Phi) is 4.08. The molecule has 98 valence electrons. The van der Waals surface area contributed by atoms with E-state index in [1.807, 2.05) is 0 Å². The number of phenols is 1. The van der Waals surface area contributed by atoms with Gasteiger partial charge in [0.05, 0.1) is 24.6 Å². The van der Waals surface area contributed by atoms with Gasteiger partial charge >= 0.3 is 5.97 Å². The second-order valence-corrected chi connectivity index (χ2v) is 4.54. The number of aryl methyl sites for hydroxylation is 1. The van der Waals surface area contributed by atoms with Crippen molar-refractivity contribution in [2.45, 2.75) is 25.8 Å². The number of hydrogen-bond acceptors (Lipinski definition) is 5. The maximum Gasteiger partial charge on any atom is 0.307 e. The lowest BCUT2D eigenvalue weighted by Gasteiger charge is -2.25. The molecular formula is C13H17NO4. The van der Waals surface area contributed by atoms with Crippen molar-refractivity contribution < 1.29 is 19.4 Å². The zero-order chi connectivity index (χ0) is 13.9. The van der Waals surface area contributed by atoms with Crippen LogP contribution in [-0.4, -0.2) is 24.5 Å². The van der Waals surface area contributed by atoms with Crippen LogP contribution in [0.1, 0.15) is 34.8 Å². The second-order valence-electron chi connectivity index (χ2n) is 4.54. The summed E-state index contributed by atoms with van der Waals surface area (Å²) >= 11 is 0. The first kappa shape index (κ1) is 14.2. The molecule has 0 fully saturated rings. The Morgan fingerprint density at radius 2 is 2.17 bits per heavy atom. The van der Waals surface area contributed by atoms with Crippen molar-refractivity contribution in [3.8, 4) is 5.75 Å². The highest BCUT2D eigenvalue weighted by Crippen LogP contribution is 2.33. The van der Waals surface area contributed by atoms with E-state index in [9.17, 15) is 14.7 Å². The number of ether oxygens (including phenoxy) is 1. The van der Waals surface area contributed by atoms with E-state index in [0.29, 0.717) is 11.8 Å². The number of carbonyl (C=O) groups excluding carboxylic acids is 2. The van der Waals surface area contributed by atoms with Crippen molar-refractivity contribution >= 4 is 12.3 Å². The van der Waals surface area contributed by atoms with Crippen LogP contribution < -0.4 is 5.73 Å². The van der Waals surface area contributed by atoms with E-state index in [1.54, 1.807) is 26.0 Å². The molecule has 0 aliphatic carbocycles. The van der Waals surface area contributed by atoms with Crippen LogP contribution in [0.25, 0.3) is 0 Å². The van der Waals surface area contributed by atoms with E-state index < -0.39 is 11.5 Å². The minimum absolute atomic E-state index is 0.0845. The molecule has 1 rings (SSSR count). The number of nitrogens with two attached hydrogens (primary N) is 1. The third-order valence-electron chi connectivity index (χ3n) is 2.77. The fraction of sp³-hybridized carbons (Fsp3) is 0.385. The van der Waals surface area contributed by atoms with Crippen LogP contribution in [0.5, 0.6) is 5.75 Å². The highest BCUT2D eigenvalue weighted by atomic mass is 16.5. The Morgan fingerprint density at radius 3 is 2.67 bits per heavy atom. The molecule has 3 N–H and O–H groups in total. The molecule has 1 aromatic carbocycles.